The molecule has 1 aromatic rings. The molecule has 4 bridgehead atoms. The van der Waals surface area contributed by atoms with E-state index in [2.05, 4.69) is 11.9 Å². The van der Waals surface area contributed by atoms with Gasteiger partial charge in [0.05, 0.1) is 10.7 Å². The first-order chi connectivity index (χ1) is 15.8. The smallest absolute Gasteiger partial charge is 0.412 e. The second-order valence-electron chi connectivity index (χ2n) is 10.6. The first-order valence-corrected chi connectivity index (χ1v) is 12.7. The Bertz CT molecular complexity index is 958. The van der Waals surface area contributed by atoms with Gasteiger partial charge in [-0.2, -0.15) is 9.78 Å². The van der Waals surface area contributed by atoms with Gasteiger partial charge in [-0.25, -0.2) is 4.79 Å². The summed E-state index contributed by atoms with van der Waals surface area (Å²) >= 11 is 12.2. The molecular formula is C25H29Cl2NO5. The summed E-state index contributed by atoms with van der Waals surface area (Å²) in [6.07, 6.45) is 9.45. The molecule has 8 heteroatoms. The highest BCUT2D eigenvalue weighted by atomic mass is 35.5. The molecule has 178 valence electrons. The lowest BCUT2D eigenvalue weighted by Crippen LogP contribution is -2.59. The van der Waals surface area contributed by atoms with Gasteiger partial charge in [-0.05, 0) is 81.1 Å². The van der Waals surface area contributed by atoms with Crippen LogP contribution in [0.1, 0.15) is 57.8 Å². The zero-order valence-electron chi connectivity index (χ0n) is 18.5. The van der Waals surface area contributed by atoms with Gasteiger partial charge in [-0.3, -0.25) is 5.32 Å². The van der Waals surface area contributed by atoms with Crippen molar-refractivity contribution in [2.45, 2.75) is 75.0 Å². The van der Waals surface area contributed by atoms with E-state index in [1.54, 1.807) is 24.3 Å². The van der Waals surface area contributed by atoms with Gasteiger partial charge in [-0.15, -0.1) is 0 Å². The molecule has 2 atom stereocenters. The molecule has 1 N–H and O–H groups in total. The minimum Gasteiger partial charge on any atom is -0.438 e. The van der Waals surface area contributed by atoms with Gasteiger partial charge in [0.15, 0.2) is 0 Å². The summed E-state index contributed by atoms with van der Waals surface area (Å²) in [6, 6.07) is 4.87. The number of anilines is 1. The third-order valence-electron chi connectivity index (χ3n) is 8.50. The molecule has 5 saturated carbocycles. The maximum atomic E-state index is 12.8. The zero-order valence-corrected chi connectivity index (χ0v) is 20.0. The monoisotopic (exact) mass is 493 g/mol. The lowest BCUT2D eigenvalue weighted by Gasteiger charge is -2.57. The maximum absolute atomic E-state index is 12.8. The Labute approximate surface area is 203 Å². The van der Waals surface area contributed by atoms with Crippen molar-refractivity contribution < 1.29 is 24.0 Å². The summed E-state index contributed by atoms with van der Waals surface area (Å²) in [5.41, 5.74) is -0.545. The second kappa shape index (κ2) is 7.85. The number of nitrogens with one attached hydrogen (secondary N) is 1. The molecule has 7 rings (SSSR count). The molecule has 33 heavy (non-hydrogen) atoms. The molecule has 6 nitrogen and oxygen atoms in total. The molecule has 1 amide bonds. The molecule has 1 aromatic carbocycles. The molecule has 1 saturated heterocycles. The predicted octanol–water partition coefficient (Wildman–Crippen LogP) is 6.87. The van der Waals surface area contributed by atoms with Gasteiger partial charge in [0.2, 0.25) is 11.6 Å². The van der Waals surface area contributed by atoms with Crippen LogP contribution in [-0.4, -0.2) is 23.3 Å². The highest BCUT2D eigenvalue weighted by Gasteiger charge is 2.68. The largest absolute Gasteiger partial charge is 0.438 e. The number of halogens is 2. The number of ether oxygens (including phenoxy) is 2. The highest BCUT2D eigenvalue weighted by molar-refractivity contribution is 6.35. The minimum atomic E-state index is -0.936. The van der Waals surface area contributed by atoms with Crippen molar-refractivity contribution >= 4 is 35.0 Å². The van der Waals surface area contributed by atoms with E-state index in [1.807, 2.05) is 0 Å². The SMILES string of the molecule is C=CC1(OC(=O)Nc2cc(Cl)ccc2Cl)CCCC2(C1)OOC1(O2)C2CC3CC(C2)CC1C3. The van der Waals surface area contributed by atoms with E-state index < -0.39 is 23.3 Å². The number of hydrogen-bond donors (Lipinski definition) is 1. The van der Waals surface area contributed by atoms with Crippen LogP contribution >= 0.6 is 23.2 Å². The van der Waals surface area contributed by atoms with Crippen LogP contribution < -0.4 is 5.32 Å². The van der Waals surface area contributed by atoms with Crippen molar-refractivity contribution in [1.82, 2.24) is 0 Å². The molecule has 1 aliphatic heterocycles. The lowest BCUT2D eigenvalue weighted by molar-refractivity contribution is -0.391. The third-order valence-corrected chi connectivity index (χ3v) is 9.07. The highest BCUT2D eigenvalue weighted by Crippen LogP contribution is 2.64. The first-order valence-electron chi connectivity index (χ1n) is 12.0. The van der Waals surface area contributed by atoms with Gasteiger partial charge in [0, 0.05) is 29.7 Å². The molecule has 2 unspecified atom stereocenters. The van der Waals surface area contributed by atoms with E-state index in [0.29, 0.717) is 46.8 Å². The quantitative estimate of drug-likeness (QED) is 0.367. The standard InChI is InChI=1S/C25H29Cl2NO5/c1-2-23(30-22(29)28-21-13-19(26)4-5-20(21)27)6-3-7-24(14-23)31-25(33-32-24)17-9-15-8-16(11-17)12-18(25)10-15/h2,4-5,13,15-18H,1,3,6-12,14H2,(H,28,29). The number of benzene rings is 1. The summed E-state index contributed by atoms with van der Waals surface area (Å²) in [6.45, 7) is 3.98. The zero-order chi connectivity index (χ0) is 22.8. The normalized spacial score (nSPS) is 43.2. The van der Waals surface area contributed by atoms with Crippen LogP contribution in [0.3, 0.4) is 0 Å². The average molecular weight is 494 g/mol. The van der Waals surface area contributed by atoms with Crippen molar-refractivity contribution in [3.8, 4) is 0 Å². The molecule has 1 heterocycles. The maximum Gasteiger partial charge on any atom is 0.412 e. The van der Waals surface area contributed by atoms with E-state index >= 15 is 0 Å². The molecule has 6 fully saturated rings. The first kappa shape index (κ1) is 22.2. The Hall–Kier alpha value is -1.31. The van der Waals surface area contributed by atoms with Gasteiger partial charge in [0.1, 0.15) is 5.60 Å². The van der Waals surface area contributed by atoms with Crippen LogP contribution in [-0.2, 0) is 19.2 Å². The molecule has 6 aliphatic rings. The Morgan fingerprint density at radius 2 is 1.82 bits per heavy atom. The van der Waals surface area contributed by atoms with Crippen LogP contribution in [0.4, 0.5) is 10.5 Å². The van der Waals surface area contributed by atoms with Crippen LogP contribution in [0, 0.1) is 23.7 Å². The van der Waals surface area contributed by atoms with Crippen molar-refractivity contribution in [3.05, 3.63) is 40.9 Å². The van der Waals surface area contributed by atoms with Gasteiger partial charge < -0.3 is 9.47 Å². The number of rotatable bonds is 3. The van der Waals surface area contributed by atoms with E-state index in [0.717, 1.165) is 43.9 Å². The van der Waals surface area contributed by atoms with Crippen molar-refractivity contribution in [2.24, 2.45) is 23.7 Å². The lowest BCUT2D eigenvalue weighted by atomic mass is 9.53. The fourth-order valence-electron chi connectivity index (χ4n) is 7.27. The minimum absolute atomic E-state index is 0.342. The molecule has 5 aliphatic carbocycles. The number of hydrogen-bond acceptors (Lipinski definition) is 5. The molecule has 0 radical (unpaired) electrons. The van der Waals surface area contributed by atoms with Crippen LogP contribution in [0.5, 0.6) is 0 Å². The van der Waals surface area contributed by atoms with Gasteiger partial charge in [0.25, 0.3) is 0 Å². The molecule has 2 spiro atoms. The summed E-state index contributed by atoms with van der Waals surface area (Å²) in [7, 11) is 0. The van der Waals surface area contributed by atoms with Crippen LogP contribution in [0.2, 0.25) is 10.0 Å². The van der Waals surface area contributed by atoms with Crippen molar-refractivity contribution in [2.75, 3.05) is 5.32 Å². The Morgan fingerprint density at radius 1 is 1.09 bits per heavy atom. The van der Waals surface area contributed by atoms with Crippen LogP contribution in [0.25, 0.3) is 0 Å². The topological polar surface area (TPSA) is 66.0 Å². The van der Waals surface area contributed by atoms with Crippen molar-refractivity contribution in [3.63, 3.8) is 0 Å². The van der Waals surface area contributed by atoms with E-state index in [4.69, 9.17) is 42.5 Å². The Kier molecular flexibility index (Phi) is 5.28. The van der Waals surface area contributed by atoms with E-state index in [-0.39, 0.29) is 0 Å². The summed E-state index contributed by atoms with van der Waals surface area (Å²) in [5, 5.41) is 3.54. The van der Waals surface area contributed by atoms with E-state index in [9.17, 15) is 4.79 Å². The summed E-state index contributed by atoms with van der Waals surface area (Å²) in [4.78, 5) is 25.0. The predicted molar refractivity (Wildman–Crippen MR) is 124 cm³/mol. The fraction of sp³-hybridized carbons (Fsp3) is 0.640. The van der Waals surface area contributed by atoms with Crippen molar-refractivity contribution in [1.29, 1.82) is 0 Å². The molecule has 0 aromatic heterocycles. The number of carbonyl (C=O) groups excluding carboxylic acids is 1. The summed E-state index contributed by atoms with van der Waals surface area (Å²) in [5.74, 6) is 0.755. The Morgan fingerprint density at radius 3 is 2.52 bits per heavy atom. The Balaban J connectivity index is 1.19. The third kappa shape index (κ3) is 3.69. The number of amides is 1. The van der Waals surface area contributed by atoms with Gasteiger partial charge >= 0.3 is 6.09 Å². The molecular weight excluding hydrogens is 465 g/mol. The number of carbonyl (C=O) groups is 1. The average Bonchev–Trinajstić information content (AvgIpc) is 3.13. The summed E-state index contributed by atoms with van der Waals surface area (Å²) < 4.78 is 12.7. The van der Waals surface area contributed by atoms with Crippen LogP contribution in [0.15, 0.2) is 30.9 Å². The van der Waals surface area contributed by atoms with E-state index in [1.165, 1.54) is 6.42 Å². The second-order valence-corrected chi connectivity index (χ2v) is 11.5. The van der Waals surface area contributed by atoms with Gasteiger partial charge in [-0.1, -0.05) is 29.8 Å². The fourth-order valence-corrected chi connectivity index (χ4v) is 7.61.